The number of carboxylic acid groups (broad SMARTS) is 1. The number of primary amides is 1. The Labute approximate surface area is 287 Å². The summed E-state index contributed by atoms with van der Waals surface area (Å²) in [6.45, 7) is 3.02. The number of hydrogen-bond donors (Lipinski definition) is 9. The number of pyridine rings is 1. The van der Waals surface area contributed by atoms with Crippen LogP contribution in [0.5, 0.6) is 0 Å². The van der Waals surface area contributed by atoms with Crippen LogP contribution >= 0.6 is 11.8 Å². The van der Waals surface area contributed by atoms with Gasteiger partial charge in [0.25, 0.3) is 0 Å². The van der Waals surface area contributed by atoms with Gasteiger partial charge in [-0.05, 0) is 37.5 Å². The Balaban J connectivity index is 2.55. The number of thioether (sulfide) groups is 1. The molecule has 0 aliphatic rings. The van der Waals surface area contributed by atoms with Crippen LogP contribution < -0.4 is 37.6 Å². The van der Waals surface area contributed by atoms with Crippen molar-refractivity contribution in [1.29, 1.82) is 0 Å². The summed E-state index contributed by atoms with van der Waals surface area (Å²) in [6, 6.07) is -1.29. The highest BCUT2D eigenvalue weighted by Gasteiger charge is 2.29. The lowest BCUT2D eigenvalue weighted by Crippen LogP contribution is -2.57. The summed E-state index contributed by atoms with van der Waals surface area (Å²) < 4.78 is 0. The fraction of sp³-hybridized carbons (Fsp3) is 0.567. The van der Waals surface area contributed by atoms with Crippen LogP contribution in [0.3, 0.4) is 0 Å². The van der Waals surface area contributed by atoms with Gasteiger partial charge >= 0.3 is 5.97 Å². The summed E-state index contributed by atoms with van der Waals surface area (Å²) >= 11 is 0.985. The number of nitrogens with two attached hydrogens (primary N) is 1. The van der Waals surface area contributed by atoms with Gasteiger partial charge in [0.15, 0.2) is 0 Å². The number of nitrogens with zero attached hydrogens (tertiary/aromatic N) is 1. The van der Waals surface area contributed by atoms with Gasteiger partial charge in [0.1, 0.15) is 24.2 Å². The average molecular weight is 711 g/mol. The molecule has 0 saturated carbocycles. The van der Waals surface area contributed by atoms with Crippen molar-refractivity contribution in [3.63, 3.8) is 0 Å². The molecule has 19 heteroatoms. The van der Waals surface area contributed by atoms with E-state index >= 15 is 0 Å². The molecule has 0 aromatic carbocycles. The Bertz CT molecular complexity index is 1290. The van der Waals surface area contributed by atoms with Gasteiger partial charge in [-0.2, -0.15) is 0 Å². The van der Waals surface area contributed by atoms with Crippen LogP contribution in [0.25, 0.3) is 0 Å². The third-order valence-electron chi connectivity index (χ3n) is 6.60. The summed E-state index contributed by atoms with van der Waals surface area (Å²) in [5, 5.41) is 33.0. The fourth-order valence-electron chi connectivity index (χ4n) is 4.10. The fourth-order valence-corrected chi connectivity index (χ4v) is 4.96. The Morgan fingerprint density at radius 1 is 0.837 bits per heavy atom. The summed E-state index contributed by atoms with van der Waals surface area (Å²) in [5.74, 6) is -5.81. The van der Waals surface area contributed by atoms with E-state index in [2.05, 4.69) is 36.9 Å². The number of aliphatic carboxylic acids is 1. The van der Waals surface area contributed by atoms with Gasteiger partial charge in [0.2, 0.25) is 41.4 Å². The first-order valence-electron chi connectivity index (χ1n) is 15.6. The van der Waals surface area contributed by atoms with Crippen LogP contribution in [0.2, 0.25) is 0 Å². The quantitative estimate of drug-likeness (QED) is 0.0488. The monoisotopic (exact) mass is 710 g/mol. The number of carbonyl (C=O) groups excluding carboxylic acids is 7. The largest absolute Gasteiger partial charge is 0.480 e. The second-order valence-electron chi connectivity index (χ2n) is 10.8. The van der Waals surface area contributed by atoms with Crippen molar-refractivity contribution in [3.05, 3.63) is 30.1 Å². The smallest absolute Gasteiger partial charge is 0.327 e. The van der Waals surface area contributed by atoms with Crippen molar-refractivity contribution in [1.82, 2.24) is 36.9 Å². The highest BCUT2D eigenvalue weighted by atomic mass is 32.2. The molecule has 0 radical (unpaired) electrons. The molecule has 4 atom stereocenters. The molecule has 0 aliphatic carbocycles. The third-order valence-corrected chi connectivity index (χ3v) is 7.63. The van der Waals surface area contributed by atoms with E-state index < -0.39 is 84.5 Å². The molecular formula is C30H46N8O10S. The first-order valence-corrected chi connectivity index (χ1v) is 16.7. The number of aliphatic hydroxyl groups excluding tert-OH is 1. The van der Waals surface area contributed by atoms with Crippen molar-refractivity contribution < 1.29 is 48.6 Å². The maximum atomic E-state index is 13.1. The lowest BCUT2D eigenvalue weighted by molar-refractivity contribution is -0.141. The molecule has 0 spiro atoms. The maximum Gasteiger partial charge on any atom is 0.327 e. The SMILES string of the molecule is CCC[C@@H](NC(=O)[C@H](C)NC(=O)Cc1ccncc1)C(=O)N[C@@H](CC(N)=O)C(=O)NCCCNC(=O)CSC[C@H](NC(=O)CCO)C(=O)O. The highest BCUT2D eigenvalue weighted by molar-refractivity contribution is 8.00. The van der Waals surface area contributed by atoms with Crippen molar-refractivity contribution in [2.24, 2.45) is 5.73 Å². The molecule has 0 fully saturated rings. The molecule has 10 N–H and O–H groups in total. The first kappa shape index (κ1) is 42.2. The second kappa shape index (κ2) is 23.5. The number of carboxylic acids is 1. The number of aliphatic hydroxyl groups is 1. The van der Waals surface area contributed by atoms with E-state index in [1.165, 1.54) is 6.92 Å². The lowest BCUT2D eigenvalue weighted by Gasteiger charge is -2.24. The van der Waals surface area contributed by atoms with Crippen LogP contribution in [0.1, 0.15) is 51.5 Å². The van der Waals surface area contributed by atoms with Gasteiger partial charge in [0, 0.05) is 37.7 Å². The van der Waals surface area contributed by atoms with Crippen molar-refractivity contribution in [2.75, 3.05) is 31.2 Å². The molecule has 1 aromatic heterocycles. The number of hydrogen-bond acceptors (Lipinski definition) is 11. The van der Waals surface area contributed by atoms with Gasteiger partial charge in [-0.25, -0.2) is 4.79 Å². The molecule has 272 valence electrons. The van der Waals surface area contributed by atoms with Crippen LogP contribution in [0.15, 0.2) is 24.5 Å². The van der Waals surface area contributed by atoms with Gasteiger partial charge in [0.05, 0.1) is 25.2 Å². The molecule has 0 bridgehead atoms. The molecule has 1 aromatic rings. The first-order chi connectivity index (χ1) is 23.3. The van der Waals surface area contributed by atoms with Gasteiger partial charge in [-0.15, -0.1) is 11.8 Å². The van der Waals surface area contributed by atoms with Crippen LogP contribution in [0.4, 0.5) is 0 Å². The summed E-state index contributed by atoms with van der Waals surface area (Å²) in [5.41, 5.74) is 5.99. The number of nitrogens with one attached hydrogen (secondary N) is 6. The highest BCUT2D eigenvalue weighted by Crippen LogP contribution is 2.05. The van der Waals surface area contributed by atoms with E-state index in [9.17, 15) is 43.5 Å². The molecule has 1 heterocycles. The summed E-state index contributed by atoms with van der Waals surface area (Å²) in [7, 11) is 0. The summed E-state index contributed by atoms with van der Waals surface area (Å²) in [6.07, 6.45) is 3.31. The number of aromatic nitrogens is 1. The topological polar surface area (TPSA) is 288 Å². The molecule has 49 heavy (non-hydrogen) atoms. The standard InChI is InChI=1S/C30H46N8O10S/c1-3-5-20(37-27(44)18(2)35-25(42)14-19-6-11-32-12-7-19)29(46)38-21(15-23(31)40)28(45)34-10-4-9-33-26(43)17-49-16-22(30(47)48)36-24(41)8-13-39/h6-7,11-12,18,20-22,39H,3-5,8-10,13-17H2,1-2H3,(H2,31,40)(H,33,43)(H,34,45)(H,35,42)(H,36,41)(H,37,44)(H,38,46)(H,47,48)/t18-,20+,21-,22-/m0/s1. The van der Waals surface area contributed by atoms with E-state index in [-0.39, 0.29) is 50.3 Å². The Kier molecular flexibility index (Phi) is 20.3. The van der Waals surface area contributed by atoms with Gasteiger partial charge in [-0.1, -0.05) is 13.3 Å². The molecule has 0 saturated heterocycles. The van der Waals surface area contributed by atoms with E-state index in [1.807, 2.05) is 0 Å². The molecule has 18 nitrogen and oxygen atoms in total. The minimum absolute atomic E-state index is 0.0264. The predicted molar refractivity (Wildman–Crippen MR) is 177 cm³/mol. The van der Waals surface area contributed by atoms with Crippen LogP contribution in [0, 0.1) is 0 Å². The minimum Gasteiger partial charge on any atom is -0.480 e. The minimum atomic E-state index is -1.34. The zero-order valence-corrected chi connectivity index (χ0v) is 28.3. The predicted octanol–water partition coefficient (Wildman–Crippen LogP) is -2.92. The molecule has 7 amide bonds. The van der Waals surface area contributed by atoms with Crippen molar-refractivity contribution >= 4 is 59.1 Å². The van der Waals surface area contributed by atoms with Crippen molar-refractivity contribution in [3.8, 4) is 0 Å². The number of amides is 7. The number of carbonyl (C=O) groups is 8. The Hall–Kier alpha value is -4.78. The van der Waals surface area contributed by atoms with E-state index in [1.54, 1.807) is 31.5 Å². The van der Waals surface area contributed by atoms with Crippen LogP contribution in [-0.4, -0.2) is 118 Å². The zero-order chi connectivity index (χ0) is 36.8. The van der Waals surface area contributed by atoms with E-state index in [4.69, 9.17) is 10.8 Å². The molecule has 0 unspecified atom stereocenters. The van der Waals surface area contributed by atoms with Crippen molar-refractivity contribution in [2.45, 2.75) is 76.5 Å². The molecule has 1 rings (SSSR count). The summed E-state index contributed by atoms with van der Waals surface area (Å²) in [4.78, 5) is 101. The number of rotatable bonds is 24. The van der Waals surface area contributed by atoms with E-state index in [0.29, 0.717) is 12.0 Å². The van der Waals surface area contributed by atoms with Crippen LogP contribution in [-0.2, 0) is 44.8 Å². The average Bonchev–Trinajstić information content (AvgIpc) is 3.03. The molecular weight excluding hydrogens is 664 g/mol. The van der Waals surface area contributed by atoms with Gasteiger partial charge < -0.3 is 47.8 Å². The Morgan fingerprint density at radius 2 is 1.49 bits per heavy atom. The van der Waals surface area contributed by atoms with E-state index in [0.717, 1.165) is 11.8 Å². The zero-order valence-electron chi connectivity index (χ0n) is 27.5. The molecule has 0 aliphatic heterocycles. The van der Waals surface area contributed by atoms with Gasteiger partial charge in [-0.3, -0.25) is 38.5 Å². The third kappa shape index (κ3) is 18.4. The maximum absolute atomic E-state index is 13.1. The lowest BCUT2D eigenvalue weighted by atomic mass is 10.1. The second-order valence-corrected chi connectivity index (χ2v) is 11.9. The normalized spacial score (nSPS) is 13.0. The Morgan fingerprint density at radius 3 is 2.10 bits per heavy atom.